The number of aromatic hydroxyl groups is 1. The number of nitrogens with one attached hydrogen (secondary N) is 3. The number of carbonyl (C=O) groups excluding carboxylic acids is 1. The second-order valence-electron chi connectivity index (χ2n) is 8.60. The third kappa shape index (κ3) is 4.24. The number of ether oxygens (including phenoxy) is 3. The molecule has 0 fully saturated rings. The number of H-pyrrole nitrogens is 1. The number of phenolic OH excluding ortho intramolecular Hbond substituents is 1. The molecule has 0 saturated heterocycles. The van der Waals surface area contributed by atoms with E-state index >= 15 is 0 Å². The number of hydrogen-bond acceptors (Lipinski definition) is 7. The molecule has 1 aromatic heterocycles. The van der Waals surface area contributed by atoms with Gasteiger partial charge in [0.25, 0.3) is 0 Å². The lowest BCUT2D eigenvalue weighted by Crippen LogP contribution is -2.56. The largest absolute Gasteiger partial charge is 0.502 e. The zero-order chi connectivity index (χ0) is 23.7. The van der Waals surface area contributed by atoms with E-state index in [9.17, 15) is 9.90 Å². The Morgan fingerprint density at radius 3 is 2.39 bits per heavy atom. The molecule has 0 spiro atoms. The van der Waals surface area contributed by atoms with Gasteiger partial charge in [-0.05, 0) is 35.2 Å². The van der Waals surface area contributed by atoms with Crippen LogP contribution in [0.4, 0.5) is 0 Å². The molecule has 1 aliphatic rings. The van der Waals surface area contributed by atoms with E-state index < -0.39 is 6.04 Å². The van der Waals surface area contributed by atoms with Crippen LogP contribution >= 0.6 is 0 Å². The summed E-state index contributed by atoms with van der Waals surface area (Å²) in [6.45, 7) is 3.98. The number of fused-ring (bicyclic) bond motifs is 3. The molecule has 3 aromatic rings. The summed E-state index contributed by atoms with van der Waals surface area (Å²) >= 11 is 0. The summed E-state index contributed by atoms with van der Waals surface area (Å²) in [4.78, 5) is 16.0. The fraction of sp³-hybridized carbons (Fsp3) is 0.400. The standard InChI is InChI=1S/C25H31N3O5/c1-13(2)21(25(30)33-5)27-20-12-16-15-8-6-7-9-17(15)26-23(16)22(28-20)14-10-18(31-3)24(29)19(11-14)32-4/h6-11,13,20-22,26-29H,12H2,1-5H3/t20-,21-,22+/m0/s1. The molecule has 0 aliphatic carbocycles. The predicted octanol–water partition coefficient (Wildman–Crippen LogP) is 3.24. The molecule has 0 amide bonds. The molecule has 8 nitrogen and oxygen atoms in total. The molecule has 4 N–H and O–H groups in total. The van der Waals surface area contributed by atoms with Gasteiger partial charge >= 0.3 is 5.97 Å². The molecule has 3 atom stereocenters. The Labute approximate surface area is 193 Å². The van der Waals surface area contributed by atoms with Crippen LogP contribution in [0.2, 0.25) is 0 Å². The van der Waals surface area contributed by atoms with Crippen molar-refractivity contribution in [1.29, 1.82) is 0 Å². The van der Waals surface area contributed by atoms with Crippen LogP contribution in [0.25, 0.3) is 10.9 Å². The van der Waals surface area contributed by atoms with Gasteiger partial charge in [0.1, 0.15) is 6.04 Å². The van der Waals surface area contributed by atoms with Crippen molar-refractivity contribution in [3.8, 4) is 17.2 Å². The molecule has 33 heavy (non-hydrogen) atoms. The van der Waals surface area contributed by atoms with Gasteiger partial charge in [0, 0.05) is 23.0 Å². The number of hydrogen-bond donors (Lipinski definition) is 4. The van der Waals surface area contributed by atoms with Crippen molar-refractivity contribution in [3.63, 3.8) is 0 Å². The molecule has 1 aliphatic heterocycles. The van der Waals surface area contributed by atoms with Crippen molar-refractivity contribution >= 4 is 16.9 Å². The fourth-order valence-corrected chi connectivity index (χ4v) is 4.56. The van der Waals surface area contributed by atoms with Crippen molar-refractivity contribution in [3.05, 3.63) is 53.2 Å². The summed E-state index contributed by atoms with van der Waals surface area (Å²) < 4.78 is 15.8. The maximum Gasteiger partial charge on any atom is 0.323 e. The number of carbonyl (C=O) groups is 1. The van der Waals surface area contributed by atoms with E-state index in [1.807, 2.05) is 26.0 Å². The topological polar surface area (TPSA) is 105 Å². The SMILES string of the molecule is COC(=O)[C@@H](N[C@@H]1Cc2c([nH]c3ccccc23)[C@@H](c2cc(OC)c(O)c(OC)c2)N1)C(C)C. The Kier molecular flexibility index (Phi) is 6.49. The molecule has 0 saturated carbocycles. The van der Waals surface area contributed by atoms with Gasteiger partial charge in [0.2, 0.25) is 5.75 Å². The predicted molar refractivity (Wildman–Crippen MR) is 126 cm³/mol. The summed E-state index contributed by atoms with van der Waals surface area (Å²) in [5.74, 6) is 0.371. The number of esters is 1. The number of aromatic nitrogens is 1. The Hall–Kier alpha value is -3.23. The minimum atomic E-state index is -0.455. The fourth-order valence-electron chi connectivity index (χ4n) is 4.56. The molecule has 2 heterocycles. The number of methoxy groups -OCH3 is 3. The van der Waals surface area contributed by atoms with E-state index in [0.717, 1.165) is 22.2 Å². The van der Waals surface area contributed by atoms with Crippen molar-refractivity contribution < 1.29 is 24.1 Å². The Bertz CT molecular complexity index is 1130. The minimum absolute atomic E-state index is 0.0448. The van der Waals surface area contributed by atoms with Gasteiger partial charge in [-0.3, -0.25) is 15.4 Å². The van der Waals surface area contributed by atoms with Gasteiger partial charge < -0.3 is 24.3 Å². The van der Waals surface area contributed by atoms with Crippen LogP contribution in [0.1, 0.15) is 36.7 Å². The zero-order valence-electron chi connectivity index (χ0n) is 19.6. The first-order chi connectivity index (χ1) is 15.9. The summed E-state index contributed by atoms with van der Waals surface area (Å²) in [5, 5.41) is 18.6. The Morgan fingerprint density at radius 1 is 1.12 bits per heavy atom. The quantitative estimate of drug-likeness (QED) is 0.407. The molecule has 4 rings (SSSR count). The highest BCUT2D eigenvalue weighted by molar-refractivity contribution is 5.85. The van der Waals surface area contributed by atoms with E-state index in [1.54, 1.807) is 12.1 Å². The highest BCUT2D eigenvalue weighted by Crippen LogP contribution is 2.42. The first kappa shape index (κ1) is 22.9. The summed E-state index contributed by atoms with van der Waals surface area (Å²) in [6, 6.07) is 11.1. The van der Waals surface area contributed by atoms with Gasteiger partial charge in [-0.2, -0.15) is 0 Å². The first-order valence-electron chi connectivity index (χ1n) is 11.0. The smallest absolute Gasteiger partial charge is 0.323 e. The van der Waals surface area contributed by atoms with Crippen LogP contribution in [0.3, 0.4) is 0 Å². The second kappa shape index (κ2) is 9.33. The average Bonchev–Trinajstić information content (AvgIpc) is 3.20. The van der Waals surface area contributed by atoms with Gasteiger partial charge in [-0.1, -0.05) is 32.0 Å². The van der Waals surface area contributed by atoms with Crippen LogP contribution in [0, 0.1) is 5.92 Å². The van der Waals surface area contributed by atoms with Crippen molar-refractivity contribution in [2.45, 2.75) is 38.5 Å². The highest BCUT2D eigenvalue weighted by Gasteiger charge is 2.34. The number of phenols is 1. The monoisotopic (exact) mass is 453 g/mol. The molecule has 0 unspecified atom stereocenters. The summed E-state index contributed by atoms with van der Waals surface area (Å²) in [6.07, 6.45) is 0.488. The molecule has 0 bridgehead atoms. The van der Waals surface area contributed by atoms with E-state index in [-0.39, 0.29) is 29.8 Å². The van der Waals surface area contributed by atoms with Gasteiger partial charge in [0.05, 0.1) is 33.5 Å². The molecule has 176 valence electrons. The summed E-state index contributed by atoms with van der Waals surface area (Å²) in [7, 11) is 4.42. The molecule has 0 radical (unpaired) electrons. The van der Waals surface area contributed by atoms with Crippen molar-refractivity contribution in [2.24, 2.45) is 5.92 Å². The number of aromatic amines is 1. The zero-order valence-corrected chi connectivity index (χ0v) is 19.6. The lowest BCUT2D eigenvalue weighted by Gasteiger charge is -2.35. The van der Waals surface area contributed by atoms with Crippen LogP contribution in [-0.4, -0.2) is 49.6 Å². The maximum atomic E-state index is 12.4. The van der Waals surface area contributed by atoms with E-state index in [0.29, 0.717) is 17.9 Å². The lowest BCUT2D eigenvalue weighted by atomic mass is 9.91. The minimum Gasteiger partial charge on any atom is -0.502 e. The van der Waals surface area contributed by atoms with Crippen molar-refractivity contribution in [2.75, 3.05) is 21.3 Å². The molecular formula is C25H31N3O5. The third-order valence-electron chi connectivity index (χ3n) is 6.25. The van der Waals surface area contributed by atoms with Gasteiger partial charge in [-0.25, -0.2) is 0 Å². The third-order valence-corrected chi connectivity index (χ3v) is 6.25. The number of benzene rings is 2. The first-order valence-corrected chi connectivity index (χ1v) is 11.0. The van der Waals surface area contributed by atoms with Crippen LogP contribution in [0.5, 0.6) is 17.2 Å². The molecule has 2 aromatic carbocycles. The van der Waals surface area contributed by atoms with Crippen molar-refractivity contribution in [1.82, 2.24) is 15.6 Å². The molecular weight excluding hydrogens is 422 g/mol. The second-order valence-corrected chi connectivity index (χ2v) is 8.60. The maximum absolute atomic E-state index is 12.4. The van der Waals surface area contributed by atoms with Crippen LogP contribution in [0.15, 0.2) is 36.4 Å². The normalized spacial score (nSPS) is 18.7. The Morgan fingerprint density at radius 2 is 1.79 bits per heavy atom. The van der Waals surface area contributed by atoms with Crippen LogP contribution in [-0.2, 0) is 16.0 Å². The number of para-hydroxylation sites is 1. The van der Waals surface area contributed by atoms with E-state index in [2.05, 4.69) is 27.8 Å². The van der Waals surface area contributed by atoms with Crippen LogP contribution < -0.4 is 20.1 Å². The van der Waals surface area contributed by atoms with Gasteiger partial charge in [0.15, 0.2) is 11.5 Å². The number of rotatable bonds is 7. The van der Waals surface area contributed by atoms with E-state index in [4.69, 9.17) is 14.2 Å². The van der Waals surface area contributed by atoms with E-state index in [1.165, 1.54) is 26.9 Å². The van der Waals surface area contributed by atoms with Gasteiger partial charge in [-0.15, -0.1) is 0 Å². The molecule has 8 heteroatoms. The highest BCUT2D eigenvalue weighted by atomic mass is 16.5. The average molecular weight is 454 g/mol. The Balaban J connectivity index is 1.81. The summed E-state index contributed by atoms with van der Waals surface area (Å²) in [5.41, 5.74) is 4.11. The lowest BCUT2D eigenvalue weighted by molar-refractivity contribution is -0.144.